The van der Waals surface area contributed by atoms with E-state index in [1.54, 1.807) is 0 Å². The first-order valence-electron chi connectivity index (χ1n) is 5.68. The van der Waals surface area contributed by atoms with Gasteiger partial charge in [0, 0.05) is 19.1 Å². The van der Waals surface area contributed by atoms with Crippen LogP contribution in [0.25, 0.3) is 0 Å². The Labute approximate surface area is 81.7 Å². The number of piperidine rings is 1. The molecule has 0 amide bonds. The second kappa shape index (κ2) is 3.97. The molecule has 2 aliphatic rings. The van der Waals surface area contributed by atoms with E-state index < -0.39 is 0 Å². The molecule has 3 unspecified atom stereocenters. The molecule has 1 aliphatic carbocycles. The Kier molecular flexibility index (Phi) is 2.89. The van der Waals surface area contributed by atoms with E-state index in [-0.39, 0.29) is 0 Å². The van der Waals surface area contributed by atoms with Crippen LogP contribution in [0.2, 0.25) is 0 Å². The van der Waals surface area contributed by atoms with Crippen molar-refractivity contribution < 1.29 is 0 Å². The van der Waals surface area contributed by atoms with Crippen LogP contribution < -0.4 is 5.32 Å². The average Bonchev–Trinajstić information content (AvgIpc) is 2.83. The predicted molar refractivity (Wildman–Crippen MR) is 55.8 cm³/mol. The van der Waals surface area contributed by atoms with Crippen molar-refractivity contribution in [1.29, 1.82) is 0 Å². The van der Waals surface area contributed by atoms with Gasteiger partial charge in [-0.2, -0.15) is 0 Å². The number of rotatable bonds is 3. The lowest BCUT2D eigenvalue weighted by atomic mass is 10.1. The SMILES string of the molecule is CC1CC1CN(C)C1CCCNC1. The van der Waals surface area contributed by atoms with Crippen molar-refractivity contribution in [3.63, 3.8) is 0 Å². The maximum atomic E-state index is 3.48. The van der Waals surface area contributed by atoms with Crippen LogP contribution in [0.1, 0.15) is 26.2 Å². The molecule has 76 valence electrons. The first-order chi connectivity index (χ1) is 6.27. The minimum Gasteiger partial charge on any atom is -0.315 e. The summed E-state index contributed by atoms with van der Waals surface area (Å²) in [6.45, 7) is 6.13. The van der Waals surface area contributed by atoms with E-state index in [1.807, 2.05) is 0 Å². The monoisotopic (exact) mass is 182 g/mol. The summed E-state index contributed by atoms with van der Waals surface area (Å²) in [4.78, 5) is 2.57. The Morgan fingerprint density at radius 1 is 1.46 bits per heavy atom. The zero-order valence-electron chi connectivity index (χ0n) is 8.92. The van der Waals surface area contributed by atoms with Crippen molar-refractivity contribution in [2.45, 2.75) is 32.2 Å². The highest BCUT2D eigenvalue weighted by molar-refractivity contribution is 4.87. The summed E-state index contributed by atoms with van der Waals surface area (Å²) in [5, 5.41) is 3.48. The molecule has 1 heterocycles. The van der Waals surface area contributed by atoms with Gasteiger partial charge in [-0.05, 0) is 44.7 Å². The van der Waals surface area contributed by atoms with E-state index in [0.717, 1.165) is 17.9 Å². The Morgan fingerprint density at radius 2 is 2.23 bits per heavy atom. The lowest BCUT2D eigenvalue weighted by Crippen LogP contribution is -2.44. The summed E-state index contributed by atoms with van der Waals surface area (Å²) >= 11 is 0. The maximum absolute atomic E-state index is 3.48. The quantitative estimate of drug-likeness (QED) is 0.708. The molecule has 0 spiro atoms. The molecule has 1 saturated heterocycles. The van der Waals surface area contributed by atoms with Crippen LogP contribution in [0.15, 0.2) is 0 Å². The van der Waals surface area contributed by atoms with Gasteiger partial charge in [-0.15, -0.1) is 0 Å². The van der Waals surface area contributed by atoms with Gasteiger partial charge in [0.15, 0.2) is 0 Å². The van der Waals surface area contributed by atoms with Crippen molar-refractivity contribution in [3.8, 4) is 0 Å². The summed E-state index contributed by atoms with van der Waals surface area (Å²) in [6.07, 6.45) is 4.21. The van der Waals surface area contributed by atoms with Crippen LogP contribution in [0, 0.1) is 11.8 Å². The molecule has 1 aliphatic heterocycles. The fraction of sp³-hybridized carbons (Fsp3) is 1.00. The summed E-state index contributed by atoms with van der Waals surface area (Å²) in [7, 11) is 2.29. The molecule has 0 aromatic rings. The van der Waals surface area contributed by atoms with Gasteiger partial charge >= 0.3 is 0 Å². The highest BCUT2D eigenvalue weighted by Crippen LogP contribution is 2.38. The van der Waals surface area contributed by atoms with Gasteiger partial charge in [-0.3, -0.25) is 0 Å². The molecule has 2 heteroatoms. The van der Waals surface area contributed by atoms with Gasteiger partial charge in [0.2, 0.25) is 0 Å². The minimum atomic E-state index is 0.807. The lowest BCUT2D eigenvalue weighted by Gasteiger charge is -2.31. The van der Waals surface area contributed by atoms with E-state index in [0.29, 0.717) is 0 Å². The number of nitrogens with zero attached hydrogens (tertiary/aromatic N) is 1. The van der Waals surface area contributed by atoms with Crippen LogP contribution in [0.4, 0.5) is 0 Å². The van der Waals surface area contributed by atoms with Crippen LogP contribution in [0.5, 0.6) is 0 Å². The Hall–Kier alpha value is -0.0800. The molecule has 3 atom stereocenters. The summed E-state index contributed by atoms with van der Waals surface area (Å²) in [5.41, 5.74) is 0. The molecular weight excluding hydrogens is 160 g/mol. The Bertz CT molecular complexity index is 163. The molecule has 13 heavy (non-hydrogen) atoms. The van der Waals surface area contributed by atoms with E-state index in [1.165, 1.54) is 38.9 Å². The zero-order chi connectivity index (χ0) is 9.26. The fourth-order valence-corrected chi connectivity index (χ4v) is 2.38. The summed E-state index contributed by atoms with van der Waals surface area (Å²) in [5.74, 6) is 2.01. The first-order valence-corrected chi connectivity index (χ1v) is 5.68. The topological polar surface area (TPSA) is 15.3 Å². The van der Waals surface area contributed by atoms with Crippen LogP contribution >= 0.6 is 0 Å². The van der Waals surface area contributed by atoms with Crippen LogP contribution in [-0.4, -0.2) is 37.6 Å². The van der Waals surface area contributed by atoms with Gasteiger partial charge in [-0.25, -0.2) is 0 Å². The number of hydrogen-bond donors (Lipinski definition) is 1. The first kappa shape index (κ1) is 9.47. The normalized spacial score (nSPS) is 39.5. The lowest BCUT2D eigenvalue weighted by molar-refractivity contribution is 0.194. The minimum absolute atomic E-state index is 0.807. The van der Waals surface area contributed by atoms with Gasteiger partial charge in [0.05, 0.1) is 0 Å². The second-order valence-corrected chi connectivity index (χ2v) is 4.91. The third-order valence-corrected chi connectivity index (χ3v) is 3.69. The molecule has 1 N–H and O–H groups in total. The van der Waals surface area contributed by atoms with Gasteiger partial charge in [-0.1, -0.05) is 6.92 Å². The largest absolute Gasteiger partial charge is 0.315 e. The summed E-state index contributed by atoms with van der Waals surface area (Å²) < 4.78 is 0. The highest BCUT2D eigenvalue weighted by atomic mass is 15.2. The molecule has 2 nitrogen and oxygen atoms in total. The van der Waals surface area contributed by atoms with E-state index in [9.17, 15) is 0 Å². The second-order valence-electron chi connectivity index (χ2n) is 4.91. The van der Waals surface area contributed by atoms with Crippen molar-refractivity contribution in [1.82, 2.24) is 10.2 Å². The number of likely N-dealkylation sites (N-methyl/N-ethyl adjacent to an activating group) is 1. The van der Waals surface area contributed by atoms with Crippen molar-refractivity contribution in [2.24, 2.45) is 11.8 Å². The molecule has 0 aromatic carbocycles. The van der Waals surface area contributed by atoms with Gasteiger partial charge in [0.1, 0.15) is 0 Å². The molecule has 2 rings (SSSR count). The molecule has 0 aromatic heterocycles. The standard InChI is InChI=1S/C11H22N2/c1-9-6-10(9)8-13(2)11-4-3-5-12-7-11/h9-12H,3-8H2,1-2H3. The third kappa shape index (κ3) is 2.44. The van der Waals surface area contributed by atoms with Crippen molar-refractivity contribution in [3.05, 3.63) is 0 Å². The molecular formula is C11H22N2. The molecule has 0 radical (unpaired) electrons. The maximum Gasteiger partial charge on any atom is 0.0218 e. The highest BCUT2D eigenvalue weighted by Gasteiger charge is 2.34. The van der Waals surface area contributed by atoms with Crippen molar-refractivity contribution in [2.75, 3.05) is 26.7 Å². The number of nitrogens with one attached hydrogen (secondary N) is 1. The van der Waals surface area contributed by atoms with E-state index >= 15 is 0 Å². The molecule has 1 saturated carbocycles. The Morgan fingerprint density at radius 3 is 2.77 bits per heavy atom. The van der Waals surface area contributed by atoms with Crippen molar-refractivity contribution >= 4 is 0 Å². The average molecular weight is 182 g/mol. The van der Waals surface area contributed by atoms with E-state index in [4.69, 9.17) is 0 Å². The van der Waals surface area contributed by atoms with E-state index in [2.05, 4.69) is 24.2 Å². The Balaban J connectivity index is 1.72. The number of hydrogen-bond acceptors (Lipinski definition) is 2. The molecule has 0 bridgehead atoms. The predicted octanol–water partition coefficient (Wildman–Crippen LogP) is 1.33. The van der Waals surface area contributed by atoms with Gasteiger partial charge in [0.25, 0.3) is 0 Å². The zero-order valence-corrected chi connectivity index (χ0v) is 8.92. The molecule has 2 fully saturated rings. The smallest absolute Gasteiger partial charge is 0.0218 e. The summed E-state index contributed by atoms with van der Waals surface area (Å²) in [6, 6.07) is 0.807. The third-order valence-electron chi connectivity index (χ3n) is 3.69. The van der Waals surface area contributed by atoms with Crippen LogP contribution in [0.3, 0.4) is 0 Å². The van der Waals surface area contributed by atoms with Gasteiger partial charge < -0.3 is 10.2 Å². The van der Waals surface area contributed by atoms with Crippen LogP contribution in [-0.2, 0) is 0 Å². The fourth-order valence-electron chi connectivity index (χ4n) is 2.38.